The second-order valence-corrected chi connectivity index (χ2v) is 5.87. The van der Waals surface area contributed by atoms with Crippen molar-refractivity contribution < 1.29 is 4.74 Å². The lowest BCUT2D eigenvalue weighted by Crippen LogP contribution is -2.35. The number of ether oxygens (including phenoxy) is 1. The van der Waals surface area contributed by atoms with Gasteiger partial charge in [-0.15, -0.1) is 0 Å². The van der Waals surface area contributed by atoms with Crippen molar-refractivity contribution in [3.8, 4) is 11.1 Å². The maximum atomic E-state index is 12.3. The molecule has 3 rings (SSSR count). The number of hydrogen-bond donors (Lipinski definition) is 1. The minimum absolute atomic E-state index is 0.0162. The van der Waals surface area contributed by atoms with E-state index in [-0.39, 0.29) is 5.56 Å². The first-order chi connectivity index (χ1) is 10.6. The number of aryl methyl sites for hydroxylation is 2. The van der Waals surface area contributed by atoms with Gasteiger partial charge in [0.1, 0.15) is 0 Å². The van der Waals surface area contributed by atoms with Gasteiger partial charge in [0.05, 0.1) is 13.2 Å². The number of morpholine rings is 1. The van der Waals surface area contributed by atoms with Crippen molar-refractivity contribution in [2.24, 2.45) is 0 Å². The highest BCUT2D eigenvalue weighted by atomic mass is 16.5. The van der Waals surface area contributed by atoms with Gasteiger partial charge in [0.2, 0.25) is 0 Å². The number of aromatic nitrogens is 1. The molecule has 1 saturated heterocycles. The molecule has 0 saturated carbocycles. The average Bonchev–Trinajstić information content (AvgIpc) is 2.53. The number of benzene rings is 1. The first kappa shape index (κ1) is 15.0. The molecule has 0 bridgehead atoms. The van der Waals surface area contributed by atoms with Gasteiger partial charge >= 0.3 is 0 Å². The van der Waals surface area contributed by atoms with Crippen LogP contribution in [0, 0.1) is 13.8 Å². The summed E-state index contributed by atoms with van der Waals surface area (Å²) in [6, 6.07) is 10.2. The number of rotatable bonds is 3. The molecule has 1 N–H and O–H groups in total. The van der Waals surface area contributed by atoms with Gasteiger partial charge in [-0.25, -0.2) is 0 Å². The summed E-state index contributed by atoms with van der Waals surface area (Å²) in [6.45, 7) is 8.26. The summed E-state index contributed by atoms with van der Waals surface area (Å²) >= 11 is 0. The van der Waals surface area contributed by atoms with E-state index in [0.717, 1.165) is 55.2 Å². The number of pyridine rings is 1. The van der Waals surface area contributed by atoms with Crippen molar-refractivity contribution in [1.82, 2.24) is 9.88 Å². The van der Waals surface area contributed by atoms with Crippen LogP contribution in [0.15, 0.2) is 35.1 Å². The molecular weight excluding hydrogens is 276 g/mol. The maximum Gasteiger partial charge on any atom is 0.256 e. The molecule has 1 aromatic heterocycles. The molecule has 0 spiro atoms. The van der Waals surface area contributed by atoms with Gasteiger partial charge in [-0.05, 0) is 36.6 Å². The first-order valence-electron chi connectivity index (χ1n) is 7.74. The van der Waals surface area contributed by atoms with E-state index >= 15 is 0 Å². The fraction of sp³-hybridized carbons (Fsp3) is 0.389. The minimum atomic E-state index is -0.0162. The van der Waals surface area contributed by atoms with Crippen LogP contribution in [0.3, 0.4) is 0 Å². The lowest BCUT2D eigenvalue weighted by Gasteiger charge is -2.27. The molecule has 1 aromatic carbocycles. The van der Waals surface area contributed by atoms with Gasteiger partial charge in [-0.1, -0.05) is 24.3 Å². The molecule has 2 heterocycles. The van der Waals surface area contributed by atoms with E-state index < -0.39 is 0 Å². The van der Waals surface area contributed by atoms with Crippen LogP contribution in [0.25, 0.3) is 11.1 Å². The molecule has 4 nitrogen and oxygen atoms in total. The molecule has 4 heteroatoms. The number of aromatic amines is 1. The van der Waals surface area contributed by atoms with E-state index in [2.05, 4.69) is 16.0 Å². The molecule has 1 fully saturated rings. The van der Waals surface area contributed by atoms with Crippen molar-refractivity contribution in [2.75, 3.05) is 26.3 Å². The molecule has 2 aromatic rings. The number of hydrogen-bond acceptors (Lipinski definition) is 3. The van der Waals surface area contributed by atoms with E-state index in [1.165, 1.54) is 5.56 Å². The van der Waals surface area contributed by atoms with Crippen molar-refractivity contribution in [2.45, 2.75) is 20.4 Å². The first-order valence-corrected chi connectivity index (χ1v) is 7.74. The Morgan fingerprint density at radius 2 is 1.86 bits per heavy atom. The van der Waals surface area contributed by atoms with E-state index in [0.29, 0.717) is 0 Å². The van der Waals surface area contributed by atoms with Crippen LogP contribution in [0.2, 0.25) is 0 Å². The van der Waals surface area contributed by atoms with Gasteiger partial charge in [-0.3, -0.25) is 9.69 Å². The summed E-state index contributed by atoms with van der Waals surface area (Å²) in [5, 5.41) is 0. The summed E-state index contributed by atoms with van der Waals surface area (Å²) in [5.74, 6) is 0. The number of H-pyrrole nitrogens is 1. The minimum Gasteiger partial charge on any atom is -0.379 e. The maximum absolute atomic E-state index is 12.3. The van der Waals surface area contributed by atoms with Gasteiger partial charge in [-0.2, -0.15) is 0 Å². The Balaban J connectivity index is 1.97. The Kier molecular flexibility index (Phi) is 4.41. The van der Waals surface area contributed by atoms with Gasteiger partial charge in [0, 0.05) is 30.9 Å². The van der Waals surface area contributed by atoms with Crippen molar-refractivity contribution in [3.05, 3.63) is 57.5 Å². The summed E-state index contributed by atoms with van der Waals surface area (Å²) in [6.07, 6.45) is 0. The summed E-state index contributed by atoms with van der Waals surface area (Å²) < 4.78 is 5.40. The predicted molar refractivity (Wildman–Crippen MR) is 88.1 cm³/mol. The average molecular weight is 298 g/mol. The highest BCUT2D eigenvalue weighted by Crippen LogP contribution is 2.23. The second-order valence-electron chi connectivity index (χ2n) is 5.87. The van der Waals surface area contributed by atoms with Crippen molar-refractivity contribution in [1.29, 1.82) is 0 Å². The third kappa shape index (κ3) is 3.13. The SMILES string of the molecule is Cc1cc(-c2ccccc2CN2CCOCC2)c(=O)[nH]c1C. The zero-order chi connectivity index (χ0) is 15.5. The van der Waals surface area contributed by atoms with Crippen LogP contribution >= 0.6 is 0 Å². The molecule has 1 aliphatic heterocycles. The summed E-state index contributed by atoms with van der Waals surface area (Å²) in [7, 11) is 0. The van der Waals surface area contributed by atoms with Crippen molar-refractivity contribution in [3.63, 3.8) is 0 Å². The molecule has 116 valence electrons. The van der Waals surface area contributed by atoms with E-state index in [1.807, 2.05) is 38.1 Å². The highest BCUT2D eigenvalue weighted by molar-refractivity contribution is 5.67. The van der Waals surface area contributed by atoms with Crippen molar-refractivity contribution >= 4 is 0 Å². The number of nitrogens with zero attached hydrogens (tertiary/aromatic N) is 1. The van der Waals surface area contributed by atoms with Crippen LogP contribution in [-0.2, 0) is 11.3 Å². The van der Waals surface area contributed by atoms with Crippen LogP contribution < -0.4 is 5.56 Å². The molecule has 0 radical (unpaired) electrons. The highest BCUT2D eigenvalue weighted by Gasteiger charge is 2.15. The largest absolute Gasteiger partial charge is 0.379 e. The van der Waals surface area contributed by atoms with Gasteiger partial charge < -0.3 is 9.72 Å². The Labute approximate surface area is 130 Å². The smallest absolute Gasteiger partial charge is 0.256 e. The topological polar surface area (TPSA) is 45.3 Å². The Bertz CT molecular complexity index is 715. The lowest BCUT2D eigenvalue weighted by atomic mass is 9.98. The zero-order valence-corrected chi connectivity index (χ0v) is 13.2. The monoisotopic (exact) mass is 298 g/mol. The van der Waals surface area contributed by atoms with Crippen LogP contribution in [0.5, 0.6) is 0 Å². The predicted octanol–water partition coefficient (Wildman–Crippen LogP) is 2.49. The Morgan fingerprint density at radius 3 is 2.64 bits per heavy atom. The number of nitrogens with one attached hydrogen (secondary N) is 1. The third-order valence-corrected chi connectivity index (χ3v) is 4.30. The summed E-state index contributed by atoms with van der Waals surface area (Å²) in [4.78, 5) is 17.7. The Hall–Kier alpha value is -1.91. The molecule has 0 aliphatic carbocycles. The van der Waals surface area contributed by atoms with E-state index in [9.17, 15) is 4.79 Å². The third-order valence-electron chi connectivity index (χ3n) is 4.30. The quantitative estimate of drug-likeness (QED) is 0.947. The molecule has 1 aliphatic rings. The fourth-order valence-electron chi connectivity index (χ4n) is 2.85. The summed E-state index contributed by atoms with van der Waals surface area (Å²) in [5.41, 5.74) is 5.00. The van der Waals surface area contributed by atoms with Crippen LogP contribution in [0.4, 0.5) is 0 Å². The van der Waals surface area contributed by atoms with E-state index in [1.54, 1.807) is 0 Å². The van der Waals surface area contributed by atoms with Crippen LogP contribution in [0.1, 0.15) is 16.8 Å². The van der Waals surface area contributed by atoms with Gasteiger partial charge in [0.25, 0.3) is 5.56 Å². The lowest BCUT2D eigenvalue weighted by molar-refractivity contribution is 0.0342. The molecule has 0 atom stereocenters. The standard InChI is InChI=1S/C18H22N2O2/c1-13-11-17(18(21)19-14(13)2)16-6-4-3-5-15(16)12-20-7-9-22-10-8-20/h3-6,11H,7-10,12H2,1-2H3,(H,19,21). The van der Waals surface area contributed by atoms with E-state index in [4.69, 9.17) is 4.74 Å². The van der Waals surface area contributed by atoms with Crippen LogP contribution in [-0.4, -0.2) is 36.2 Å². The Morgan fingerprint density at radius 1 is 1.14 bits per heavy atom. The molecule has 0 unspecified atom stereocenters. The van der Waals surface area contributed by atoms with Gasteiger partial charge in [0.15, 0.2) is 0 Å². The second kappa shape index (κ2) is 6.46. The zero-order valence-electron chi connectivity index (χ0n) is 13.2. The fourth-order valence-corrected chi connectivity index (χ4v) is 2.85. The normalized spacial score (nSPS) is 15.9. The molecular formula is C18H22N2O2. The molecule has 0 amide bonds. The molecule has 22 heavy (non-hydrogen) atoms.